The lowest BCUT2D eigenvalue weighted by atomic mass is 10.0. The van der Waals surface area contributed by atoms with Crippen molar-refractivity contribution in [2.75, 3.05) is 23.9 Å². The summed E-state index contributed by atoms with van der Waals surface area (Å²) in [4.78, 5) is 2.20. The van der Waals surface area contributed by atoms with E-state index in [4.69, 9.17) is 11.6 Å². The van der Waals surface area contributed by atoms with Crippen LogP contribution < -0.4 is 4.90 Å². The Morgan fingerprint density at radius 3 is 2.71 bits per heavy atom. The van der Waals surface area contributed by atoms with Gasteiger partial charge in [-0.3, -0.25) is 0 Å². The van der Waals surface area contributed by atoms with Crippen molar-refractivity contribution in [1.29, 1.82) is 0 Å². The molecule has 1 aromatic carbocycles. The van der Waals surface area contributed by atoms with Crippen molar-refractivity contribution in [2.45, 2.75) is 26.7 Å². The van der Waals surface area contributed by atoms with E-state index in [9.17, 15) is 4.39 Å². The molecule has 0 amide bonds. The summed E-state index contributed by atoms with van der Waals surface area (Å²) in [7, 11) is 0. The maximum absolute atomic E-state index is 13.1. The molecule has 1 atom stereocenters. The minimum atomic E-state index is -0.172. The van der Waals surface area contributed by atoms with Crippen molar-refractivity contribution in [2.24, 2.45) is 5.92 Å². The number of hydrogen-bond donors (Lipinski definition) is 0. The zero-order valence-corrected chi connectivity index (χ0v) is 11.4. The molecule has 17 heavy (non-hydrogen) atoms. The van der Waals surface area contributed by atoms with Gasteiger partial charge in [-0.05, 0) is 43.9 Å². The van der Waals surface area contributed by atoms with E-state index in [0.29, 0.717) is 11.8 Å². The van der Waals surface area contributed by atoms with E-state index in [-0.39, 0.29) is 5.82 Å². The number of nitrogens with zero attached hydrogens (tertiary/aromatic N) is 1. The topological polar surface area (TPSA) is 3.24 Å². The molecule has 3 heteroatoms. The highest BCUT2D eigenvalue weighted by molar-refractivity contribution is 6.17. The zero-order chi connectivity index (χ0) is 12.7. The zero-order valence-electron chi connectivity index (χ0n) is 10.6. The Balaban J connectivity index is 2.54. The monoisotopic (exact) mass is 257 g/mol. The van der Waals surface area contributed by atoms with E-state index >= 15 is 0 Å². The van der Waals surface area contributed by atoms with Crippen molar-refractivity contribution in [3.8, 4) is 0 Å². The first-order chi connectivity index (χ1) is 8.17. The SMILES string of the molecule is CCN(CCC(C)CCCl)c1cccc(F)c1. The summed E-state index contributed by atoms with van der Waals surface area (Å²) in [5.74, 6) is 1.16. The smallest absolute Gasteiger partial charge is 0.125 e. The second-order valence-corrected chi connectivity index (χ2v) is 4.81. The fraction of sp³-hybridized carbons (Fsp3) is 0.571. The normalized spacial score (nSPS) is 12.5. The van der Waals surface area contributed by atoms with Crippen molar-refractivity contribution in [3.63, 3.8) is 0 Å². The number of benzene rings is 1. The fourth-order valence-electron chi connectivity index (χ4n) is 1.85. The number of alkyl halides is 1. The Morgan fingerprint density at radius 2 is 2.12 bits per heavy atom. The number of anilines is 1. The Labute approximate surface area is 109 Å². The first-order valence-electron chi connectivity index (χ1n) is 6.23. The van der Waals surface area contributed by atoms with Gasteiger partial charge >= 0.3 is 0 Å². The first-order valence-corrected chi connectivity index (χ1v) is 6.77. The van der Waals surface area contributed by atoms with Crippen LogP contribution in [0.3, 0.4) is 0 Å². The largest absolute Gasteiger partial charge is 0.372 e. The number of halogens is 2. The Kier molecular flexibility index (Phi) is 6.35. The van der Waals surface area contributed by atoms with E-state index in [1.54, 1.807) is 12.1 Å². The van der Waals surface area contributed by atoms with Gasteiger partial charge in [0.25, 0.3) is 0 Å². The predicted molar refractivity (Wildman–Crippen MR) is 73.4 cm³/mol. The van der Waals surface area contributed by atoms with E-state index in [0.717, 1.165) is 31.6 Å². The van der Waals surface area contributed by atoms with Crippen LogP contribution in [-0.4, -0.2) is 19.0 Å². The molecule has 0 N–H and O–H groups in total. The standard InChI is InChI=1S/C14H21ClFN/c1-3-17(10-8-12(2)7-9-15)14-6-4-5-13(16)11-14/h4-6,11-12H,3,7-10H2,1-2H3. The fourth-order valence-corrected chi connectivity index (χ4v) is 2.22. The van der Waals surface area contributed by atoms with Crippen LogP contribution in [0.25, 0.3) is 0 Å². The molecule has 0 spiro atoms. The van der Waals surface area contributed by atoms with Crippen LogP contribution in [0.15, 0.2) is 24.3 Å². The van der Waals surface area contributed by atoms with E-state index < -0.39 is 0 Å². The van der Waals surface area contributed by atoms with Crippen molar-refractivity contribution in [3.05, 3.63) is 30.1 Å². The maximum Gasteiger partial charge on any atom is 0.125 e. The highest BCUT2D eigenvalue weighted by Gasteiger charge is 2.08. The summed E-state index contributed by atoms with van der Waals surface area (Å²) in [6.07, 6.45) is 2.14. The van der Waals surface area contributed by atoms with Gasteiger partial charge in [0.05, 0.1) is 0 Å². The average Bonchev–Trinajstić information content (AvgIpc) is 2.30. The Morgan fingerprint density at radius 1 is 1.35 bits per heavy atom. The molecule has 0 heterocycles. The second-order valence-electron chi connectivity index (χ2n) is 4.43. The summed E-state index contributed by atoms with van der Waals surface area (Å²) in [6.45, 7) is 6.16. The third-order valence-electron chi connectivity index (χ3n) is 3.05. The third kappa shape index (κ3) is 4.95. The van der Waals surface area contributed by atoms with Crippen LogP contribution in [0.4, 0.5) is 10.1 Å². The molecule has 0 aliphatic carbocycles. The summed E-state index contributed by atoms with van der Waals surface area (Å²) in [6, 6.07) is 6.79. The summed E-state index contributed by atoms with van der Waals surface area (Å²) >= 11 is 5.72. The van der Waals surface area contributed by atoms with Crippen LogP contribution in [0, 0.1) is 11.7 Å². The summed E-state index contributed by atoms with van der Waals surface area (Å²) in [5.41, 5.74) is 0.963. The van der Waals surface area contributed by atoms with Gasteiger partial charge in [-0.25, -0.2) is 4.39 Å². The van der Waals surface area contributed by atoms with Crippen LogP contribution in [0.5, 0.6) is 0 Å². The van der Waals surface area contributed by atoms with Crippen LogP contribution >= 0.6 is 11.6 Å². The van der Waals surface area contributed by atoms with Crippen molar-refractivity contribution < 1.29 is 4.39 Å². The lowest BCUT2D eigenvalue weighted by Crippen LogP contribution is -2.25. The second kappa shape index (κ2) is 7.54. The molecule has 1 rings (SSSR count). The van der Waals surface area contributed by atoms with Crippen LogP contribution in [0.2, 0.25) is 0 Å². The molecule has 0 saturated heterocycles. The molecule has 0 aliphatic rings. The predicted octanol–water partition coefficient (Wildman–Crippen LogP) is 4.31. The minimum absolute atomic E-state index is 0.172. The van der Waals surface area contributed by atoms with Gasteiger partial charge in [-0.1, -0.05) is 13.0 Å². The van der Waals surface area contributed by atoms with Gasteiger partial charge in [0.15, 0.2) is 0 Å². The Hall–Kier alpha value is -0.760. The third-order valence-corrected chi connectivity index (χ3v) is 3.27. The summed E-state index contributed by atoms with van der Waals surface area (Å²) in [5, 5.41) is 0. The van der Waals surface area contributed by atoms with E-state index in [1.807, 2.05) is 6.07 Å². The number of rotatable bonds is 7. The molecule has 0 saturated carbocycles. The molecular formula is C14H21ClFN. The van der Waals surface area contributed by atoms with Gasteiger partial charge in [-0.15, -0.1) is 11.6 Å². The van der Waals surface area contributed by atoms with Crippen molar-refractivity contribution in [1.82, 2.24) is 0 Å². The molecule has 1 unspecified atom stereocenters. The van der Waals surface area contributed by atoms with Gasteiger partial charge in [0, 0.05) is 24.7 Å². The molecular weight excluding hydrogens is 237 g/mol. The van der Waals surface area contributed by atoms with Crippen LogP contribution in [-0.2, 0) is 0 Å². The molecule has 0 aliphatic heterocycles. The first kappa shape index (κ1) is 14.3. The maximum atomic E-state index is 13.1. The highest BCUT2D eigenvalue weighted by Crippen LogP contribution is 2.17. The molecule has 96 valence electrons. The molecule has 0 aromatic heterocycles. The molecule has 1 aromatic rings. The summed E-state index contributed by atoms with van der Waals surface area (Å²) < 4.78 is 13.1. The quantitative estimate of drug-likeness (QED) is 0.658. The van der Waals surface area contributed by atoms with Gasteiger partial charge in [0.2, 0.25) is 0 Å². The molecule has 1 nitrogen and oxygen atoms in total. The van der Waals surface area contributed by atoms with Crippen LogP contribution in [0.1, 0.15) is 26.7 Å². The van der Waals surface area contributed by atoms with Gasteiger partial charge in [-0.2, -0.15) is 0 Å². The van der Waals surface area contributed by atoms with E-state index in [1.165, 1.54) is 6.07 Å². The molecule has 0 fully saturated rings. The Bertz CT molecular complexity index is 330. The average molecular weight is 258 g/mol. The highest BCUT2D eigenvalue weighted by atomic mass is 35.5. The molecule has 0 bridgehead atoms. The van der Waals surface area contributed by atoms with Crippen molar-refractivity contribution >= 4 is 17.3 Å². The van der Waals surface area contributed by atoms with Gasteiger partial charge in [0.1, 0.15) is 5.82 Å². The van der Waals surface area contributed by atoms with E-state index in [2.05, 4.69) is 18.7 Å². The lowest BCUT2D eigenvalue weighted by Gasteiger charge is -2.24. The van der Waals surface area contributed by atoms with Gasteiger partial charge < -0.3 is 4.90 Å². The minimum Gasteiger partial charge on any atom is -0.372 e. The lowest BCUT2D eigenvalue weighted by molar-refractivity contribution is 0.515. The number of hydrogen-bond acceptors (Lipinski definition) is 1. The molecule has 0 radical (unpaired) electrons.